The summed E-state index contributed by atoms with van der Waals surface area (Å²) < 4.78 is 0. The minimum Gasteiger partial charge on any atom is -0.304 e. The number of para-hydroxylation sites is 1. The molecule has 170 valence electrons. The van der Waals surface area contributed by atoms with Crippen molar-refractivity contribution in [2.45, 2.75) is 16.2 Å². The molecular weight excluding hydrogens is 436 g/mol. The van der Waals surface area contributed by atoms with E-state index in [1.807, 2.05) is 0 Å². The van der Waals surface area contributed by atoms with Crippen molar-refractivity contribution in [3.63, 3.8) is 0 Å². The predicted octanol–water partition coefficient (Wildman–Crippen LogP) is 2.73. The Kier molecular flexibility index (Phi) is 7.98. The third kappa shape index (κ3) is 6.39. The maximum atomic E-state index is 12.3. The van der Waals surface area contributed by atoms with Crippen LogP contribution in [-0.4, -0.2) is 65.3 Å². The summed E-state index contributed by atoms with van der Waals surface area (Å²) in [5.41, 5.74) is 5.42. The molecule has 1 aliphatic heterocycles. The Bertz CT molecular complexity index is 996. The van der Waals surface area contributed by atoms with Gasteiger partial charge in [-0.3, -0.25) is 35.9 Å². The van der Waals surface area contributed by atoms with Crippen LogP contribution in [0.5, 0.6) is 0 Å². The molecule has 3 rings (SSSR count). The Labute approximate surface area is 189 Å². The van der Waals surface area contributed by atoms with E-state index in [0.29, 0.717) is 23.5 Å². The highest BCUT2D eigenvalue weighted by molar-refractivity contribution is 7.99. The lowest BCUT2D eigenvalue weighted by atomic mass is 10.3. The first-order valence-corrected chi connectivity index (χ1v) is 10.8. The minimum atomic E-state index is -0.672. The van der Waals surface area contributed by atoms with Crippen LogP contribution in [0.3, 0.4) is 0 Å². The fourth-order valence-corrected chi connectivity index (χ4v) is 4.14. The van der Waals surface area contributed by atoms with Gasteiger partial charge >= 0.3 is 0 Å². The molecule has 0 aliphatic carbocycles. The molecule has 1 saturated heterocycles. The third-order valence-electron chi connectivity index (χ3n) is 5.04. The number of rotatable bonds is 9. The Morgan fingerprint density at radius 1 is 1.03 bits per heavy atom. The zero-order valence-corrected chi connectivity index (χ0v) is 18.3. The van der Waals surface area contributed by atoms with Crippen LogP contribution in [0.4, 0.5) is 17.1 Å². The summed E-state index contributed by atoms with van der Waals surface area (Å²) in [5, 5.41) is 22.3. The van der Waals surface area contributed by atoms with Crippen molar-refractivity contribution in [1.29, 1.82) is 0 Å². The minimum absolute atomic E-state index is 0.162. The Morgan fingerprint density at radius 2 is 1.75 bits per heavy atom. The summed E-state index contributed by atoms with van der Waals surface area (Å²) in [5.74, 6) is -0.162. The second-order valence-electron chi connectivity index (χ2n) is 7.33. The largest absolute Gasteiger partial charge is 0.304 e. The van der Waals surface area contributed by atoms with Crippen molar-refractivity contribution in [2.24, 2.45) is 0 Å². The van der Waals surface area contributed by atoms with Crippen molar-refractivity contribution >= 4 is 34.7 Å². The lowest BCUT2D eigenvalue weighted by Gasteiger charge is -2.32. The molecule has 2 aromatic rings. The first-order chi connectivity index (χ1) is 15.3. The highest BCUT2D eigenvalue weighted by Crippen LogP contribution is 2.39. The average molecular weight is 461 g/mol. The highest BCUT2D eigenvalue weighted by Gasteiger charge is 2.21. The fraction of sp³-hybridized carbons (Fsp3) is 0.350. The molecule has 1 aliphatic rings. The van der Waals surface area contributed by atoms with E-state index < -0.39 is 9.85 Å². The molecule has 0 radical (unpaired) electrons. The van der Waals surface area contributed by atoms with Crippen LogP contribution in [0.1, 0.15) is 6.42 Å². The lowest BCUT2D eigenvalue weighted by molar-refractivity contribution is -0.396. The van der Waals surface area contributed by atoms with Gasteiger partial charge in [0.2, 0.25) is 5.91 Å². The maximum Gasteiger partial charge on any atom is 0.290 e. The fourth-order valence-electron chi connectivity index (χ4n) is 3.16. The number of hydrogen-bond acceptors (Lipinski definition) is 9. The van der Waals surface area contributed by atoms with Crippen molar-refractivity contribution in [3.8, 4) is 0 Å². The number of carbonyl (C=O) groups excluding carboxylic acids is 1. The molecule has 32 heavy (non-hydrogen) atoms. The molecule has 0 atom stereocenters. The Balaban J connectivity index is 1.62. The van der Waals surface area contributed by atoms with Gasteiger partial charge in [-0.2, -0.15) is 0 Å². The summed E-state index contributed by atoms with van der Waals surface area (Å²) in [6.07, 6.45) is 0.347. The number of nitrogens with zero attached hydrogens (tertiary/aromatic N) is 4. The number of nitrogens with one attached hydrogen (secondary N) is 2. The number of carbonyl (C=O) groups is 1. The van der Waals surface area contributed by atoms with Gasteiger partial charge in [0.15, 0.2) is 0 Å². The Morgan fingerprint density at radius 3 is 2.44 bits per heavy atom. The van der Waals surface area contributed by atoms with Gasteiger partial charge in [-0.1, -0.05) is 23.9 Å². The van der Waals surface area contributed by atoms with E-state index in [1.165, 1.54) is 12.1 Å². The van der Waals surface area contributed by atoms with Crippen LogP contribution in [0.25, 0.3) is 0 Å². The van der Waals surface area contributed by atoms with Gasteiger partial charge in [0, 0.05) is 50.1 Å². The standard InChI is InChI=1S/C20H24N6O5S/c1-23-10-12-24(13-11-23)9-8-20(27)22-21-16-4-2-3-5-18(16)32-19-7-6-15(25(28)29)14-17(19)26(30)31/h2-7,14,21H,8-13H2,1H3,(H,22,27). The highest BCUT2D eigenvalue weighted by atomic mass is 32.2. The lowest BCUT2D eigenvalue weighted by Crippen LogP contribution is -2.45. The smallest absolute Gasteiger partial charge is 0.290 e. The van der Waals surface area contributed by atoms with E-state index in [-0.39, 0.29) is 22.2 Å². The molecule has 2 N–H and O–H groups in total. The van der Waals surface area contributed by atoms with Gasteiger partial charge in [-0.15, -0.1) is 0 Å². The normalized spacial score (nSPS) is 14.7. The number of anilines is 1. The van der Waals surface area contributed by atoms with Gasteiger partial charge in [0.1, 0.15) is 0 Å². The van der Waals surface area contributed by atoms with Crippen molar-refractivity contribution in [3.05, 3.63) is 62.7 Å². The maximum absolute atomic E-state index is 12.3. The second kappa shape index (κ2) is 10.9. The molecule has 1 fully saturated rings. The summed E-state index contributed by atoms with van der Waals surface area (Å²) in [4.78, 5) is 38.7. The predicted molar refractivity (Wildman–Crippen MR) is 121 cm³/mol. The topological polar surface area (TPSA) is 134 Å². The van der Waals surface area contributed by atoms with E-state index in [2.05, 4.69) is 27.7 Å². The third-order valence-corrected chi connectivity index (χ3v) is 6.19. The number of nitro benzene ring substituents is 2. The van der Waals surface area contributed by atoms with Crippen LogP contribution in [0.2, 0.25) is 0 Å². The second-order valence-corrected chi connectivity index (χ2v) is 8.42. The molecule has 11 nitrogen and oxygen atoms in total. The molecule has 12 heteroatoms. The van der Waals surface area contributed by atoms with Crippen molar-refractivity contribution in [1.82, 2.24) is 15.2 Å². The molecule has 1 heterocycles. The molecule has 0 bridgehead atoms. The molecule has 0 aromatic heterocycles. The number of non-ortho nitro benzene ring substituents is 1. The SMILES string of the molecule is CN1CCN(CCC(=O)NNc2ccccc2Sc2ccc([N+](=O)[O-])cc2[N+](=O)[O-])CC1. The molecule has 0 unspecified atom stereocenters. The van der Waals surface area contributed by atoms with Gasteiger partial charge in [0.25, 0.3) is 11.4 Å². The van der Waals surface area contributed by atoms with Crippen molar-refractivity contribution < 1.29 is 14.6 Å². The first-order valence-electron chi connectivity index (χ1n) is 9.99. The van der Waals surface area contributed by atoms with Gasteiger partial charge in [-0.25, -0.2) is 0 Å². The van der Waals surface area contributed by atoms with Crippen LogP contribution in [0.15, 0.2) is 52.3 Å². The number of piperazine rings is 1. The number of nitro groups is 2. The summed E-state index contributed by atoms with van der Waals surface area (Å²) in [7, 11) is 2.08. The number of hydrogen-bond donors (Lipinski definition) is 2. The van der Waals surface area contributed by atoms with E-state index >= 15 is 0 Å². The molecular formula is C20H24N6O5S. The van der Waals surface area contributed by atoms with Gasteiger partial charge in [-0.05, 0) is 25.2 Å². The van der Waals surface area contributed by atoms with Crippen molar-refractivity contribution in [2.75, 3.05) is 45.2 Å². The number of amides is 1. The van der Waals surface area contributed by atoms with Crippen LogP contribution < -0.4 is 10.9 Å². The summed E-state index contributed by atoms with van der Waals surface area (Å²) in [6, 6.07) is 10.5. The van der Waals surface area contributed by atoms with Gasteiger partial charge < -0.3 is 9.80 Å². The summed E-state index contributed by atoms with van der Waals surface area (Å²) >= 11 is 1.09. The number of likely N-dealkylation sites (N-methyl/N-ethyl adjacent to an activating group) is 1. The first kappa shape index (κ1) is 23.4. The zero-order chi connectivity index (χ0) is 23.1. The monoisotopic (exact) mass is 460 g/mol. The van der Waals surface area contributed by atoms with Crippen LogP contribution in [0, 0.1) is 20.2 Å². The zero-order valence-electron chi connectivity index (χ0n) is 17.5. The quantitative estimate of drug-likeness (QED) is 0.428. The average Bonchev–Trinajstić information content (AvgIpc) is 2.78. The summed E-state index contributed by atoms with van der Waals surface area (Å²) in [6.45, 7) is 4.51. The molecule has 2 aromatic carbocycles. The van der Waals surface area contributed by atoms with E-state index in [9.17, 15) is 25.0 Å². The Hall–Kier alpha value is -3.22. The van der Waals surface area contributed by atoms with Crippen LogP contribution >= 0.6 is 11.8 Å². The molecule has 0 spiro atoms. The number of hydrazine groups is 1. The van der Waals surface area contributed by atoms with Crippen LogP contribution in [-0.2, 0) is 4.79 Å². The molecule has 1 amide bonds. The van der Waals surface area contributed by atoms with Gasteiger partial charge in [0.05, 0.1) is 26.5 Å². The van der Waals surface area contributed by atoms with E-state index in [4.69, 9.17) is 0 Å². The molecule has 0 saturated carbocycles. The number of benzene rings is 2. The van der Waals surface area contributed by atoms with E-state index in [0.717, 1.165) is 44.0 Å². The van der Waals surface area contributed by atoms with E-state index in [1.54, 1.807) is 24.3 Å².